The molecule has 2 saturated heterocycles. The van der Waals surface area contributed by atoms with E-state index < -0.39 is 5.60 Å². The lowest BCUT2D eigenvalue weighted by Gasteiger charge is -2.41. The fourth-order valence-electron chi connectivity index (χ4n) is 3.22. The summed E-state index contributed by atoms with van der Waals surface area (Å²) in [5.74, 6) is 0.812. The topological polar surface area (TPSA) is 44.8 Å². The van der Waals surface area contributed by atoms with Crippen LogP contribution in [0.3, 0.4) is 0 Å². The summed E-state index contributed by atoms with van der Waals surface area (Å²) in [6.45, 7) is 14.1. The van der Waals surface area contributed by atoms with Gasteiger partial charge in [0.05, 0.1) is 0 Å². The van der Waals surface area contributed by atoms with Gasteiger partial charge in [-0.1, -0.05) is 0 Å². The Morgan fingerprint density at radius 3 is 2.48 bits per heavy atom. The second kappa shape index (κ2) is 6.97. The number of carbonyl (C=O) groups is 1. The number of piperazine rings is 1. The third-order valence-electron chi connectivity index (χ3n) is 4.31. The number of hydrogen-bond donors (Lipinski definition) is 1. The van der Waals surface area contributed by atoms with Crippen LogP contribution >= 0.6 is 0 Å². The van der Waals surface area contributed by atoms with Crippen molar-refractivity contribution >= 4 is 6.09 Å². The predicted molar refractivity (Wildman–Crippen MR) is 84.4 cm³/mol. The van der Waals surface area contributed by atoms with Crippen LogP contribution in [-0.4, -0.2) is 66.8 Å². The van der Waals surface area contributed by atoms with E-state index in [0.29, 0.717) is 0 Å². The van der Waals surface area contributed by atoms with Gasteiger partial charge in [0.15, 0.2) is 0 Å². The summed E-state index contributed by atoms with van der Waals surface area (Å²) in [5.41, 5.74) is -0.414. The molecular weight excluding hydrogens is 266 g/mol. The maximum atomic E-state index is 12.2. The smallest absolute Gasteiger partial charge is 0.410 e. The fraction of sp³-hybridized carbons (Fsp3) is 0.938. The molecule has 0 aromatic rings. The van der Waals surface area contributed by atoms with Crippen molar-refractivity contribution in [3.8, 4) is 0 Å². The van der Waals surface area contributed by atoms with Crippen LogP contribution in [0.4, 0.5) is 4.79 Å². The van der Waals surface area contributed by atoms with Crippen LogP contribution in [0.15, 0.2) is 0 Å². The molecular formula is C16H31N3O2. The molecule has 2 aliphatic heterocycles. The first kappa shape index (κ1) is 16.6. The molecule has 0 aromatic heterocycles. The van der Waals surface area contributed by atoms with E-state index in [1.165, 1.54) is 19.4 Å². The molecule has 1 amide bonds. The van der Waals surface area contributed by atoms with Gasteiger partial charge in [0.25, 0.3) is 0 Å². The number of ether oxygens (including phenoxy) is 1. The van der Waals surface area contributed by atoms with Crippen LogP contribution in [0.5, 0.6) is 0 Å². The SMILES string of the molecule is CC1CN(CC2CCNCC2)CCN1C(=O)OC(C)(C)C. The number of hydrogen-bond acceptors (Lipinski definition) is 4. The average Bonchev–Trinajstić information content (AvgIpc) is 2.37. The molecule has 122 valence electrons. The summed E-state index contributed by atoms with van der Waals surface area (Å²) in [6, 6.07) is 0.232. The summed E-state index contributed by atoms with van der Waals surface area (Å²) < 4.78 is 5.49. The third-order valence-corrected chi connectivity index (χ3v) is 4.31. The molecule has 1 atom stereocenters. The Bertz CT molecular complexity index is 348. The van der Waals surface area contributed by atoms with Gasteiger partial charge in [-0.2, -0.15) is 0 Å². The van der Waals surface area contributed by atoms with E-state index >= 15 is 0 Å². The lowest BCUT2D eigenvalue weighted by molar-refractivity contribution is -0.000687. The first-order valence-electron chi connectivity index (χ1n) is 8.28. The van der Waals surface area contributed by atoms with Crippen molar-refractivity contribution in [2.75, 3.05) is 39.3 Å². The van der Waals surface area contributed by atoms with E-state index in [-0.39, 0.29) is 12.1 Å². The molecule has 0 aromatic carbocycles. The van der Waals surface area contributed by atoms with Crippen molar-refractivity contribution in [2.45, 2.75) is 52.2 Å². The number of amides is 1. The predicted octanol–water partition coefficient (Wildman–Crippen LogP) is 1.93. The Hall–Kier alpha value is -0.810. The molecule has 2 aliphatic rings. The van der Waals surface area contributed by atoms with Crippen LogP contribution in [0, 0.1) is 5.92 Å². The number of nitrogens with zero attached hydrogens (tertiary/aromatic N) is 2. The van der Waals surface area contributed by atoms with E-state index in [4.69, 9.17) is 4.74 Å². The lowest BCUT2D eigenvalue weighted by Crippen LogP contribution is -2.55. The van der Waals surface area contributed by atoms with E-state index in [2.05, 4.69) is 17.1 Å². The monoisotopic (exact) mass is 297 g/mol. The molecule has 0 saturated carbocycles. The fourth-order valence-corrected chi connectivity index (χ4v) is 3.22. The highest BCUT2D eigenvalue weighted by Gasteiger charge is 2.31. The molecule has 0 radical (unpaired) electrons. The zero-order valence-electron chi connectivity index (χ0n) is 14.0. The molecule has 0 aliphatic carbocycles. The molecule has 0 bridgehead atoms. The number of piperidine rings is 1. The van der Waals surface area contributed by atoms with E-state index in [1.54, 1.807) is 0 Å². The van der Waals surface area contributed by atoms with Gasteiger partial charge in [-0.3, -0.25) is 4.90 Å². The quantitative estimate of drug-likeness (QED) is 0.846. The van der Waals surface area contributed by atoms with Gasteiger partial charge in [-0.25, -0.2) is 4.79 Å². The van der Waals surface area contributed by atoms with Crippen LogP contribution in [0.1, 0.15) is 40.5 Å². The van der Waals surface area contributed by atoms with Gasteiger partial charge in [0, 0.05) is 32.2 Å². The second-order valence-electron chi connectivity index (χ2n) is 7.48. The van der Waals surface area contributed by atoms with Crippen molar-refractivity contribution in [1.82, 2.24) is 15.1 Å². The summed E-state index contributed by atoms with van der Waals surface area (Å²) in [7, 11) is 0. The Kier molecular flexibility index (Phi) is 5.49. The van der Waals surface area contributed by atoms with Gasteiger partial charge in [0.1, 0.15) is 5.60 Å². The molecule has 5 heteroatoms. The molecule has 2 heterocycles. The Labute approximate surface area is 129 Å². The second-order valence-corrected chi connectivity index (χ2v) is 7.48. The van der Waals surface area contributed by atoms with Crippen molar-refractivity contribution in [1.29, 1.82) is 0 Å². The van der Waals surface area contributed by atoms with Gasteiger partial charge in [0.2, 0.25) is 0 Å². The Balaban J connectivity index is 1.79. The zero-order valence-corrected chi connectivity index (χ0v) is 14.0. The lowest BCUT2D eigenvalue weighted by atomic mass is 9.97. The van der Waals surface area contributed by atoms with Gasteiger partial charge in [-0.15, -0.1) is 0 Å². The summed E-state index contributed by atoms with van der Waals surface area (Å²) in [6.07, 6.45) is 2.39. The van der Waals surface area contributed by atoms with Crippen molar-refractivity contribution in [2.24, 2.45) is 5.92 Å². The largest absolute Gasteiger partial charge is 0.444 e. The normalized spacial score (nSPS) is 25.9. The van der Waals surface area contributed by atoms with E-state index in [9.17, 15) is 4.79 Å². The Morgan fingerprint density at radius 1 is 1.24 bits per heavy atom. The minimum absolute atomic E-state index is 0.170. The van der Waals surface area contributed by atoms with E-state index in [1.807, 2.05) is 25.7 Å². The first-order chi connectivity index (χ1) is 9.85. The molecule has 1 unspecified atom stereocenters. The summed E-state index contributed by atoms with van der Waals surface area (Å²) in [4.78, 5) is 16.6. The van der Waals surface area contributed by atoms with Gasteiger partial charge < -0.3 is 15.0 Å². The maximum Gasteiger partial charge on any atom is 0.410 e. The highest BCUT2D eigenvalue weighted by Crippen LogP contribution is 2.19. The minimum Gasteiger partial charge on any atom is -0.444 e. The number of rotatable bonds is 2. The highest BCUT2D eigenvalue weighted by atomic mass is 16.6. The summed E-state index contributed by atoms with van der Waals surface area (Å²) in [5, 5.41) is 3.42. The zero-order chi connectivity index (χ0) is 15.5. The van der Waals surface area contributed by atoms with Crippen molar-refractivity contribution in [3.63, 3.8) is 0 Å². The minimum atomic E-state index is -0.414. The van der Waals surface area contributed by atoms with Crippen LogP contribution in [0.25, 0.3) is 0 Å². The van der Waals surface area contributed by atoms with Crippen LogP contribution in [0.2, 0.25) is 0 Å². The Morgan fingerprint density at radius 2 is 1.90 bits per heavy atom. The van der Waals surface area contributed by atoms with Crippen LogP contribution in [-0.2, 0) is 4.74 Å². The molecule has 2 rings (SSSR count). The summed E-state index contributed by atoms with van der Waals surface area (Å²) >= 11 is 0. The number of nitrogens with one attached hydrogen (secondary N) is 1. The van der Waals surface area contributed by atoms with Gasteiger partial charge >= 0.3 is 6.09 Å². The van der Waals surface area contributed by atoms with Crippen molar-refractivity contribution < 1.29 is 9.53 Å². The first-order valence-corrected chi connectivity index (χ1v) is 8.28. The van der Waals surface area contributed by atoms with E-state index in [0.717, 1.165) is 38.6 Å². The highest BCUT2D eigenvalue weighted by molar-refractivity contribution is 5.68. The van der Waals surface area contributed by atoms with Crippen molar-refractivity contribution in [3.05, 3.63) is 0 Å². The molecule has 0 spiro atoms. The molecule has 2 fully saturated rings. The average molecular weight is 297 g/mol. The van der Waals surface area contributed by atoms with Crippen LogP contribution < -0.4 is 5.32 Å². The molecule has 21 heavy (non-hydrogen) atoms. The molecule has 5 nitrogen and oxygen atoms in total. The number of carbonyl (C=O) groups excluding carboxylic acids is 1. The third kappa shape index (κ3) is 5.15. The standard InChI is InChI=1S/C16H31N3O2/c1-13-11-18(12-14-5-7-17-8-6-14)9-10-19(13)15(20)21-16(2,3)4/h13-14,17H,5-12H2,1-4H3. The van der Waals surface area contributed by atoms with Gasteiger partial charge in [-0.05, 0) is 59.5 Å². The molecule has 1 N–H and O–H groups in total. The maximum absolute atomic E-state index is 12.2.